The molecule has 0 saturated heterocycles. The lowest BCUT2D eigenvalue weighted by atomic mass is 10.00. The van der Waals surface area contributed by atoms with Gasteiger partial charge in [-0.25, -0.2) is 0 Å². The van der Waals surface area contributed by atoms with Crippen molar-refractivity contribution in [3.63, 3.8) is 0 Å². The minimum Gasteiger partial charge on any atom is -0.394 e. The number of carbonyl (C=O) groups is 1. The van der Waals surface area contributed by atoms with Crippen molar-refractivity contribution in [1.82, 2.24) is 5.32 Å². The molecule has 6 heteroatoms. The highest BCUT2D eigenvalue weighted by atomic mass is 16.3. The average molecular weight is 846 g/mol. The molecule has 60 heavy (non-hydrogen) atoms. The van der Waals surface area contributed by atoms with Crippen molar-refractivity contribution in [2.75, 3.05) is 6.61 Å². The van der Waals surface area contributed by atoms with E-state index < -0.39 is 36.9 Å². The van der Waals surface area contributed by atoms with Crippen LogP contribution in [0.25, 0.3) is 0 Å². The maximum absolute atomic E-state index is 12.6. The largest absolute Gasteiger partial charge is 0.394 e. The summed E-state index contributed by atoms with van der Waals surface area (Å²) in [5.41, 5.74) is 0. The predicted octanol–water partition coefficient (Wildman–Crippen LogP) is 14.9. The summed E-state index contributed by atoms with van der Waals surface area (Å²) in [6.07, 6.45) is 59.2. The Morgan fingerprint density at radius 3 is 1.18 bits per heavy atom. The molecule has 0 aromatic carbocycles. The summed E-state index contributed by atoms with van der Waals surface area (Å²) in [6, 6.07) is -1.00. The van der Waals surface area contributed by atoms with Gasteiger partial charge >= 0.3 is 0 Å². The van der Waals surface area contributed by atoms with Crippen LogP contribution in [0.4, 0.5) is 0 Å². The van der Waals surface area contributed by atoms with Crippen LogP contribution in [0.15, 0.2) is 36.5 Å². The van der Waals surface area contributed by atoms with Crippen molar-refractivity contribution in [3.05, 3.63) is 36.5 Å². The van der Waals surface area contributed by atoms with E-state index in [-0.39, 0.29) is 0 Å². The highest BCUT2D eigenvalue weighted by Gasteiger charge is 2.28. The normalized spacial score (nSPS) is 14.2. The van der Waals surface area contributed by atoms with Crippen molar-refractivity contribution in [2.45, 2.75) is 295 Å². The quantitative estimate of drug-likeness (QED) is 0.0309. The monoisotopic (exact) mass is 846 g/mol. The number of hydrogen-bond acceptors (Lipinski definition) is 5. The first kappa shape index (κ1) is 58.5. The summed E-state index contributed by atoms with van der Waals surface area (Å²) >= 11 is 0. The molecule has 0 aliphatic heterocycles. The minimum atomic E-state index is -1.28. The second-order valence-corrected chi connectivity index (χ2v) is 18.2. The van der Waals surface area contributed by atoms with Crippen LogP contribution in [-0.2, 0) is 4.79 Å². The fraction of sp³-hybridized carbons (Fsp3) is 0.870. The van der Waals surface area contributed by atoms with Crippen LogP contribution in [0.5, 0.6) is 0 Å². The van der Waals surface area contributed by atoms with Gasteiger partial charge in [0.05, 0.1) is 18.8 Å². The van der Waals surface area contributed by atoms with E-state index >= 15 is 0 Å². The number of nitrogens with one attached hydrogen (secondary N) is 1. The van der Waals surface area contributed by atoms with Crippen LogP contribution in [0.2, 0.25) is 0 Å². The van der Waals surface area contributed by atoms with Crippen molar-refractivity contribution in [1.29, 1.82) is 0 Å². The van der Waals surface area contributed by atoms with Gasteiger partial charge in [0.15, 0.2) is 0 Å². The number of allylic oxidation sites excluding steroid dienone is 6. The number of amides is 1. The first-order valence-electron chi connectivity index (χ1n) is 26.4. The molecule has 0 heterocycles. The Morgan fingerprint density at radius 2 is 0.783 bits per heavy atom. The molecule has 1 amide bonds. The lowest BCUT2D eigenvalue weighted by Crippen LogP contribution is -2.53. The lowest BCUT2D eigenvalue weighted by molar-refractivity contribution is -0.132. The zero-order valence-electron chi connectivity index (χ0n) is 40.0. The van der Waals surface area contributed by atoms with Crippen LogP contribution < -0.4 is 5.32 Å². The maximum atomic E-state index is 12.6. The fourth-order valence-electron chi connectivity index (χ4n) is 8.21. The standard InChI is InChI=1S/C54H103NO5/c1-3-5-7-9-11-13-15-17-19-21-23-25-26-27-28-30-31-33-35-37-39-41-43-45-47-51(57)53(59)50(49-56)55-54(60)52(58)48-46-44-42-40-38-36-34-32-29-24-22-20-18-16-14-12-10-8-6-4-2/h6,8,12,14,39,41,50-53,56-59H,3-5,7,9-11,13,15-38,40,42-49H2,1-2H3,(H,55,60)/b8-6-,14-12-,41-39+. The van der Waals surface area contributed by atoms with Gasteiger partial charge in [0.1, 0.15) is 12.2 Å². The summed E-state index contributed by atoms with van der Waals surface area (Å²) in [4.78, 5) is 12.6. The molecule has 0 rings (SSSR count). The molecule has 0 fully saturated rings. The molecule has 0 aromatic rings. The highest BCUT2D eigenvalue weighted by Crippen LogP contribution is 2.17. The van der Waals surface area contributed by atoms with E-state index in [0.29, 0.717) is 12.8 Å². The van der Waals surface area contributed by atoms with Gasteiger partial charge in [-0.15, -0.1) is 0 Å². The van der Waals surface area contributed by atoms with Crippen molar-refractivity contribution < 1.29 is 25.2 Å². The Hall–Kier alpha value is -1.47. The molecule has 4 unspecified atom stereocenters. The molecule has 0 saturated carbocycles. The molecule has 0 spiro atoms. The minimum absolute atomic E-state index is 0.362. The van der Waals surface area contributed by atoms with Crippen LogP contribution in [0.1, 0.15) is 271 Å². The molecule has 6 nitrogen and oxygen atoms in total. The zero-order chi connectivity index (χ0) is 43.8. The third-order valence-electron chi connectivity index (χ3n) is 12.3. The zero-order valence-corrected chi connectivity index (χ0v) is 40.0. The van der Waals surface area contributed by atoms with Gasteiger partial charge in [-0.2, -0.15) is 0 Å². The fourth-order valence-corrected chi connectivity index (χ4v) is 8.21. The third-order valence-corrected chi connectivity index (χ3v) is 12.3. The second-order valence-electron chi connectivity index (χ2n) is 18.2. The SMILES string of the molecule is CC/C=C\C/C=C\CCCCCCCCCCCCCCCC(O)C(=O)NC(CO)C(O)C(O)CCC/C=C/CCCCCCCCCCCCCCCCCCCCC. The van der Waals surface area contributed by atoms with Crippen LogP contribution in [0, 0.1) is 0 Å². The van der Waals surface area contributed by atoms with E-state index in [9.17, 15) is 25.2 Å². The van der Waals surface area contributed by atoms with Crippen molar-refractivity contribution >= 4 is 5.91 Å². The summed E-state index contributed by atoms with van der Waals surface area (Å²) in [6.45, 7) is 3.96. The molecule has 0 aliphatic carbocycles. The van der Waals surface area contributed by atoms with E-state index in [1.165, 1.54) is 193 Å². The number of aliphatic hydroxyl groups excluding tert-OH is 4. The van der Waals surface area contributed by atoms with E-state index in [0.717, 1.165) is 51.4 Å². The Bertz CT molecular complexity index is 950. The van der Waals surface area contributed by atoms with Gasteiger partial charge in [0, 0.05) is 0 Å². The van der Waals surface area contributed by atoms with Gasteiger partial charge in [-0.1, -0.05) is 243 Å². The van der Waals surface area contributed by atoms with Gasteiger partial charge < -0.3 is 25.7 Å². The number of carbonyl (C=O) groups excluding carboxylic acids is 1. The van der Waals surface area contributed by atoms with E-state index in [1.54, 1.807) is 0 Å². The topological polar surface area (TPSA) is 110 Å². The number of unbranched alkanes of at least 4 members (excludes halogenated alkanes) is 33. The smallest absolute Gasteiger partial charge is 0.249 e. The molecule has 4 atom stereocenters. The molecule has 0 radical (unpaired) electrons. The van der Waals surface area contributed by atoms with Gasteiger partial charge in [-0.05, 0) is 64.2 Å². The average Bonchev–Trinajstić information content (AvgIpc) is 3.25. The summed E-state index contributed by atoms with van der Waals surface area (Å²) in [5.74, 6) is -0.592. The molecule has 0 aromatic heterocycles. The summed E-state index contributed by atoms with van der Waals surface area (Å²) in [7, 11) is 0. The lowest BCUT2D eigenvalue weighted by Gasteiger charge is -2.27. The molecule has 0 aliphatic rings. The Labute approximate surface area is 373 Å². The molecule has 5 N–H and O–H groups in total. The number of aliphatic hydroxyl groups is 4. The Morgan fingerprint density at radius 1 is 0.433 bits per heavy atom. The van der Waals surface area contributed by atoms with Gasteiger partial charge in [-0.3, -0.25) is 4.79 Å². The second kappa shape index (κ2) is 48.6. The first-order chi connectivity index (χ1) is 29.5. The highest BCUT2D eigenvalue weighted by molar-refractivity contribution is 5.80. The van der Waals surface area contributed by atoms with Gasteiger partial charge in [0.25, 0.3) is 0 Å². The molecule has 354 valence electrons. The maximum Gasteiger partial charge on any atom is 0.249 e. The van der Waals surface area contributed by atoms with E-state index in [4.69, 9.17) is 0 Å². The van der Waals surface area contributed by atoms with Crippen molar-refractivity contribution in [2.24, 2.45) is 0 Å². The number of hydrogen-bond donors (Lipinski definition) is 5. The predicted molar refractivity (Wildman–Crippen MR) is 260 cm³/mol. The third kappa shape index (κ3) is 41.9. The van der Waals surface area contributed by atoms with Crippen LogP contribution in [0.3, 0.4) is 0 Å². The molecular formula is C54H103NO5. The van der Waals surface area contributed by atoms with Gasteiger partial charge in [0.2, 0.25) is 5.91 Å². The Kier molecular flexibility index (Phi) is 47.4. The Balaban J connectivity index is 3.67. The summed E-state index contributed by atoms with van der Waals surface area (Å²) < 4.78 is 0. The van der Waals surface area contributed by atoms with Crippen LogP contribution >= 0.6 is 0 Å². The summed E-state index contributed by atoms with van der Waals surface area (Å²) in [5, 5.41) is 43.9. The van der Waals surface area contributed by atoms with Crippen molar-refractivity contribution in [3.8, 4) is 0 Å². The van der Waals surface area contributed by atoms with E-state index in [2.05, 4.69) is 55.6 Å². The van der Waals surface area contributed by atoms with E-state index in [1.807, 2.05) is 0 Å². The molecule has 0 bridgehead atoms. The first-order valence-corrected chi connectivity index (χ1v) is 26.4. The number of rotatable bonds is 48. The molecular weight excluding hydrogens is 743 g/mol. The van der Waals surface area contributed by atoms with Crippen LogP contribution in [-0.4, -0.2) is 57.3 Å².